The largest absolute Gasteiger partial charge is 0.335 e. The van der Waals surface area contributed by atoms with E-state index < -0.39 is 0 Å². The summed E-state index contributed by atoms with van der Waals surface area (Å²) in [5.41, 5.74) is 2.64. The van der Waals surface area contributed by atoms with E-state index in [-0.39, 0.29) is 11.9 Å². The normalized spacial score (nSPS) is 15.9. The predicted molar refractivity (Wildman–Crippen MR) is 120 cm³/mol. The van der Waals surface area contributed by atoms with E-state index in [2.05, 4.69) is 25.4 Å². The van der Waals surface area contributed by atoms with E-state index in [1.165, 1.54) is 0 Å². The van der Waals surface area contributed by atoms with Gasteiger partial charge in [0.25, 0.3) is 11.8 Å². The van der Waals surface area contributed by atoms with Gasteiger partial charge in [0.1, 0.15) is 5.69 Å². The van der Waals surface area contributed by atoms with Gasteiger partial charge in [-0.2, -0.15) is 4.98 Å². The Bertz CT molecular complexity index is 1440. The molecule has 162 valence electrons. The van der Waals surface area contributed by atoms with Crippen LogP contribution in [0.3, 0.4) is 0 Å². The average molecular weight is 437 g/mol. The molecule has 0 radical (unpaired) electrons. The molecule has 5 aromatic rings. The molecular weight excluding hydrogens is 418 g/mol. The number of nitrogens with zero attached hydrogens (tertiary/aromatic N) is 7. The Morgan fingerprint density at radius 2 is 1.82 bits per heavy atom. The molecule has 0 aliphatic carbocycles. The maximum atomic E-state index is 13.0. The van der Waals surface area contributed by atoms with E-state index in [1.807, 2.05) is 65.6 Å². The minimum Gasteiger partial charge on any atom is -0.335 e. The number of rotatable bonds is 4. The number of hydrogen-bond acceptors (Lipinski definition) is 7. The van der Waals surface area contributed by atoms with Crippen LogP contribution in [0.4, 0.5) is 0 Å². The van der Waals surface area contributed by atoms with Gasteiger partial charge in [0.15, 0.2) is 5.69 Å². The molecular formula is C24H19N7O2. The molecule has 1 fully saturated rings. The van der Waals surface area contributed by atoms with Crippen LogP contribution in [0, 0.1) is 0 Å². The zero-order valence-corrected chi connectivity index (χ0v) is 17.6. The summed E-state index contributed by atoms with van der Waals surface area (Å²) in [6, 6.07) is 21.1. The number of carbonyl (C=O) groups excluding carboxylic acids is 1. The number of hydrogen-bond donors (Lipinski definition) is 0. The van der Waals surface area contributed by atoms with Gasteiger partial charge in [-0.3, -0.25) is 4.79 Å². The van der Waals surface area contributed by atoms with Crippen molar-refractivity contribution < 1.29 is 9.32 Å². The van der Waals surface area contributed by atoms with Crippen LogP contribution in [-0.2, 0) is 0 Å². The van der Waals surface area contributed by atoms with Crippen molar-refractivity contribution >= 4 is 16.8 Å². The van der Waals surface area contributed by atoms with Gasteiger partial charge in [0, 0.05) is 24.0 Å². The lowest BCUT2D eigenvalue weighted by Crippen LogP contribution is -2.29. The lowest BCUT2D eigenvalue weighted by molar-refractivity contribution is 0.0781. The van der Waals surface area contributed by atoms with Crippen LogP contribution in [0.2, 0.25) is 0 Å². The van der Waals surface area contributed by atoms with Crippen molar-refractivity contribution in [1.29, 1.82) is 0 Å². The summed E-state index contributed by atoms with van der Waals surface area (Å²) < 4.78 is 7.15. The molecule has 4 heterocycles. The first-order valence-corrected chi connectivity index (χ1v) is 10.7. The SMILES string of the molecule is O=C(c1ccc2ccccc2n1)N1CC[C@@H](n2cc(-c3nc(-c4ccccc4)no3)nn2)C1. The molecule has 0 bridgehead atoms. The Labute approximate surface area is 188 Å². The second kappa shape index (κ2) is 7.94. The van der Waals surface area contributed by atoms with Crippen molar-refractivity contribution in [1.82, 2.24) is 35.0 Å². The molecule has 0 N–H and O–H groups in total. The summed E-state index contributed by atoms with van der Waals surface area (Å²) in [5, 5.41) is 13.5. The Balaban J connectivity index is 1.17. The Morgan fingerprint density at radius 3 is 2.73 bits per heavy atom. The second-order valence-corrected chi connectivity index (χ2v) is 7.96. The number of para-hydroxylation sites is 1. The van der Waals surface area contributed by atoms with E-state index in [0.29, 0.717) is 36.2 Å². The maximum absolute atomic E-state index is 13.0. The third-order valence-electron chi connectivity index (χ3n) is 5.83. The maximum Gasteiger partial charge on any atom is 0.280 e. The highest BCUT2D eigenvalue weighted by atomic mass is 16.5. The van der Waals surface area contributed by atoms with Gasteiger partial charge in [-0.25, -0.2) is 9.67 Å². The molecule has 2 aromatic carbocycles. The van der Waals surface area contributed by atoms with Gasteiger partial charge in [0.2, 0.25) is 5.82 Å². The molecule has 1 aliphatic rings. The molecule has 0 spiro atoms. The zero-order chi connectivity index (χ0) is 22.2. The number of carbonyl (C=O) groups is 1. The first kappa shape index (κ1) is 19.3. The minimum atomic E-state index is -0.0759. The first-order valence-electron chi connectivity index (χ1n) is 10.7. The molecule has 0 unspecified atom stereocenters. The molecule has 1 atom stereocenters. The van der Waals surface area contributed by atoms with Crippen molar-refractivity contribution in [2.75, 3.05) is 13.1 Å². The molecule has 33 heavy (non-hydrogen) atoms. The monoisotopic (exact) mass is 437 g/mol. The van der Waals surface area contributed by atoms with Crippen LogP contribution in [-0.4, -0.2) is 54.0 Å². The third kappa shape index (κ3) is 3.63. The summed E-state index contributed by atoms with van der Waals surface area (Å²) in [5.74, 6) is 0.736. The van der Waals surface area contributed by atoms with Gasteiger partial charge in [-0.15, -0.1) is 5.10 Å². The van der Waals surface area contributed by atoms with Crippen LogP contribution in [0.25, 0.3) is 33.9 Å². The molecule has 0 saturated carbocycles. The summed E-state index contributed by atoms with van der Waals surface area (Å²) in [6.07, 6.45) is 2.57. The highest BCUT2D eigenvalue weighted by molar-refractivity contribution is 5.95. The molecule has 1 saturated heterocycles. The highest BCUT2D eigenvalue weighted by Crippen LogP contribution is 2.25. The number of aromatic nitrogens is 6. The number of benzene rings is 2. The quantitative estimate of drug-likeness (QED) is 0.423. The van der Waals surface area contributed by atoms with Crippen LogP contribution in [0.1, 0.15) is 23.0 Å². The summed E-state index contributed by atoms with van der Waals surface area (Å²) in [4.78, 5) is 23.8. The van der Waals surface area contributed by atoms with Crippen molar-refractivity contribution in [3.8, 4) is 23.0 Å². The van der Waals surface area contributed by atoms with E-state index in [1.54, 1.807) is 16.9 Å². The fourth-order valence-electron chi connectivity index (χ4n) is 4.07. The third-order valence-corrected chi connectivity index (χ3v) is 5.83. The van der Waals surface area contributed by atoms with Crippen LogP contribution in [0.5, 0.6) is 0 Å². The number of fused-ring (bicyclic) bond motifs is 1. The van der Waals surface area contributed by atoms with Gasteiger partial charge in [0.05, 0.1) is 17.8 Å². The van der Waals surface area contributed by atoms with E-state index in [4.69, 9.17) is 4.52 Å². The second-order valence-electron chi connectivity index (χ2n) is 7.96. The molecule has 9 nitrogen and oxygen atoms in total. The van der Waals surface area contributed by atoms with Crippen molar-refractivity contribution in [2.45, 2.75) is 12.5 Å². The minimum absolute atomic E-state index is 0.0205. The van der Waals surface area contributed by atoms with E-state index >= 15 is 0 Å². The molecule has 6 rings (SSSR count). The van der Waals surface area contributed by atoms with Crippen LogP contribution < -0.4 is 0 Å². The van der Waals surface area contributed by atoms with Crippen molar-refractivity contribution in [3.63, 3.8) is 0 Å². The number of amides is 1. The Morgan fingerprint density at radius 1 is 0.970 bits per heavy atom. The van der Waals surface area contributed by atoms with Gasteiger partial charge in [-0.1, -0.05) is 65.0 Å². The fraction of sp³-hybridized carbons (Fsp3) is 0.167. The standard InChI is InChI=1S/C24H19N7O2/c32-24(20-11-10-16-6-4-5-9-19(16)25-20)30-13-12-18(14-30)31-15-21(27-29-31)23-26-22(28-33-23)17-7-2-1-3-8-17/h1-11,15,18H,12-14H2/t18-/m1/s1. The number of likely N-dealkylation sites (tertiary alicyclic amines) is 1. The molecule has 3 aromatic heterocycles. The molecule has 9 heteroatoms. The lowest BCUT2D eigenvalue weighted by Gasteiger charge is -2.16. The van der Waals surface area contributed by atoms with Gasteiger partial charge in [-0.05, 0) is 18.6 Å². The fourth-order valence-corrected chi connectivity index (χ4v) is 4.07. The Kier molecular flexibility index (Phi) is 4.64. The molecule has 1 aliphatic heterocycles. The lowest BCUT2D eigenvalue weighted by atomic mass is 10.2. The van der Waals surface area contributed by atoms with Gasteiger partial charge < -0.3 is 9.42 Å². The summed E-state index contributed by atoms with van der Waals surface area (Å²) in [6.45, 7) is 1.17. The predicted octanol–water partition coefficient (Wildman–Crippen LogP) is 3.63. The van der Waals surface area contributed by atoms with E-state index in [0.717, 1.165) is 22.9 Å². The van der Waals surface area contributed by atoms with Crippen LogP contribution in [0.15, 0.2) is 77.4 Å². The zero-order valence-electron chi connectivity index (χ0n) is 17.6. The van der Waals surface area contributed by atoms with E-state index in [9.17, 15) is 4.79 Å². The van der Waals surface area contributed by atoms with Crippen molar-refractivity contribution in [3.05, 3.63) is 78.6 Å². The first-order chi connectivity index (χ1) is 16.2. The smallest absolute Gasteiger partial charge is 0.280 e. The number of pyridine rings is 1. The highest BCUT2D eigenvalue weighted by Gasteiger charge is 2.30. The van der Waals surface area contributed by atoms with Gasteiger partial charge >= 0.3 is 0 Å². The van der Waals surface area contributed by atoms with Crippen molar-refractivity contribution in [2.24, 2.45) is 0 Å². The molecule has 1 amide bonds. The summed E-state index contributed by atoms with van der Waals surface area (Å²) >= 11 is 0. The topological polar surface area (TPSA) is 103 Å². The summed E-state index contributed by atoms with van der Waals surface area (Å²) in [7, 11) is 0. The van der Waals surface area contributed by atoms with Crippen LogP contribution >= 0.6 is 0 Å². The average Bonchev–Trinajstić information content (AvgIpc) is 3.64. The Hall–Kier alpha value is -4.40.